The van der Waals surface area contributed by atoms with Crippen LogP contribution in [0.25, 0.3) is 0 Å². The summed E-state index contributed by atoms with van der Waals surface area (Å²) < 4.78 is 11.5. The largest absolute Gasteiger partial charge is 0.489 e. The monoisotopic (exact) mass is 421 g/mol. The lowest BCUT2D eigenvalue weighted by atomic mass is 10.1. The van der Waals surface area contributed by atoms with Crippen LogP contribution in [-0.2, 0) is 6.54 Å². The van der Waals surface area contributed by atoms with Crippen LogP contribution in [-0.4, -0.2) is 62.8 Å². The van der Waals surface area contributed by atoms with Gasteiger partial charge in [0, 0.05) is 50.6 Å². The Bertz CT molecular complexity index is 763. The summed E-state index contributed by atoms with van der Waals surface area (Å²) in [4.78, 5) is 6.42. The number of halogens is 1. The van der Waals surface area contributed by atoms with Gasteiger partial charge < -0.3 is 19.7 Å². The smallest absolute Gasteiger partial charge is 0.179 e. The van der Waals surface area contributed by atoms with E-state index in [1.807, 2.05) is 17.4 Å². The summed E-state index contributed by atoms with van der Waals surface area (Å²) in [6, 6.07) is 8.84. The molecule has 0 amide bonds. The second-order valence-electron chi connectivity index (χ2n) is 7.46. The average molecular weight is 422 g/mol. The molecule has 0 radical (unpaired) electrons. The fraction of sp³-hybridized carbons (Fsp3) is 0.524. The maximum Gasteiger partial charge on any atom is 0.179 e. The minimum atomic E-state index is 0.407. The van der Waals surface area contributed by atoms with Crippen LogP contribution in [0.15, 0.2) is 29.6 Å². The fourth-order valence-electron chi connectivity index (χ4n) is 3.76. The molecule has 0 bridgehead atoms. The van der Waals surface area contributed by atoms with Gasteiger partial charge in [-0.2, -0.15) is 0 Å². The van der Waals surface area contributed by atoms with Crippen molar-refractivity contribution in [2.24, 2.45) is 0 Å². The van der Waals surface area contributed by atoms with Gasteiger partial charge in [0.15, 0.2) is 11.5 Å². The minimum absolute atomic E-state index is 0.407. The molecule has 0 spiro atoms. The number of likely N-dealkylation sites (N-methyl/N-ethyl adjacent to an activating group) is 1. The van der Waals surface area contributed by atoms with Crippen molar-refractivity contribution >= 4 is 22.9 Å². The molecule has 1 saturated heterocycles. The number of hydrogen-bond donors (Lipinski definition) is 1. The Morgan fingerprint density at radius 3 is 2.79 bits per heavy atom. The van der Waals surface area contributed by atoms with Crippen LogP contribution in [0.1, 0.15) is 22.9 Å². The van der Waals surface area contributed by atoms with Crippen molar-refractivity contribution in [1.29, 1.82) is 0 Å². The Morgan fingerprint density at radius 1 is 1.18 bits per heavy atom. The van der Waals surface area contributed by atoms with E-state index in [9.17, 15) is 0 Å². The van der Waals surface area contributed by atoms with Crippen molar-refractivity contribution in [2.75, 3.05) is 53.0 Å². The first-order valence-electron chi connectivity index (χ1n) is 9.95. The van der Waals surface area contributed by atoms with Gasteiger partial charge in [0.05, 0.1) is 24.3 Å². The predicted octanol–water partition coefficient (Wildman–Crippen LogP) is 3.64. The molecule has 1 aromatic carbocycles. The molecule has 5 nitrogen and oxygen atoms in total. The lowest BCUT2D eigenvalue weighted by Gasteiger charge is -2.37. The van der Waals surface area contributed by atoms with E-state index in [4.69, 9.17) is 21.1 Å². The summed E-state index contributed by atoms with van der Waals surface area (Å²) in [7, 11) is 2.20. The standard InChI is InChI=1S/C21H28ClN3O2S/c1-24-5-7-25(8-6-24)18(20-4-2-11-28-20)15-23-14-16-12-17(22)21-19(13-16)26-9-3-10-27-21/h2,4,11-13,18,23H,3,5-10,14-15H2,1H3. The quantitative estimate of drug-likeness (QED) is 0.770. The highest BCUT2D eigenvalue weighted by Crippen LogP contribution is 2.38. The first kappa shape index (κ1) is 20.0. The molecule has 0 aliphatic carbocycles. The van der Waals surface area contributed by atoms with E-state index in [2.05, 4.69) is 45.7 Å². The summed E-state index contributed by atoms with van der Waals surface area (Å²) in [6.45, 7) is 7.46. The van der Waals surface area contributed by atoms with Gasteiger partial charge in [-0.3, -0.25) is 4.90 Å². The molecule has 4 rings (SSSR count). The highest BCUT2D eigenvalue weighted by Gasteiger charge is 2.24. The maximum atomic E-state index is 6.43. The Labute approximate surface area is 176 Å². The Balaban J connectivity index is 1.41. The predicted molar refractivity (Wildman–Crippen MR) is 115 cm³/mol. The number of benzene rings is 1. The van der Waals surface area contributed by atoms with Crippen molar-refractivity contribution < 1.29 is 9.47 Å². The maximum absolute atomic E-state index is 6.43. The fourth-order valence-corrected chi connectivity index (χ4v) is 4.91. The first-order chi connectivity index (χ1) is 13.7. The van der Waals surface area contributed by atoms with E-state index in [1.54, 1.807) is 0 Å². The van der Waals surface area contributed by atoms with Crippen molar-refractivity contribution in [1.82, 2.24) is 15.1 Å². The molecule has 2 aromatic rings. The molecule has 2 aliphatic heterocycles. The van der Waals surface area contributed by atoms with Crippen LogP contribution in [0, 0.1) is 0 Å². The highest BCUT2D eigenvalue weighted by molar-refractivity contribution is 7.10. The van der Waals surface area contributed by atoms with Crippen LogP contribution < -0.4 is 14.8 Å². The molecule has 152 valence electrons. The molecule has 1 fully saturated rings. The van der Waals surface area contributed by atoms with Crippen LogP contribution in [0.4, 0.5) is 0 Å². The molecule has 2 aliphatic rings. The van der Waals surface area contributed by atoms with Gasteiger partial charge >= 0.3 is 0 Å². The number of fused-ring (bicyclic) bond motifs is 1. The van der Waals surface area contributed by atoms with E-state index in [1.165, 1.54) is 4.88 Å². The topological polar surface area (TPSA) is 37.0 Å². The summed E-state index contributed by atoms with van der Waals surface area (Å²) in [5, 5.41) is 6.44. The summed E-state index contributed by atoms with van der Waals surface area (Å²) in [5.41, 5.74) is 1.12. The molecule has 3 heterocycles. The van der Waals surface area contributed by atoms with Gasteiger partial charge in [-0.05, 0) is 36.2 Å². The number of hydrogen-bond acceptors (Lipinski definition) is 6. The number of nitrogens with one attached hydrogen (secondary N) is 1. The molecular formula is C21H28ClN3O2S. The summed E-state index contributed by atoms with van der Waals surface area (Å²) >= 11 is 8.28. The molecule has 1 N–H and O–H groups in total. The van der Waals surface area contributed by atoms with Crippen molar-refractivity contribution in [3.05, 3.63) is 45.1 Å². The van der Waals surface area contributed by atoms with E-state index in [0.29, 0.717) is 30.0 Å². The number of thiophene rings is 1. The molecule has 1 atom stereocenters. The average Bonchev–Trinajstić information content (AvgIpc) is 3.11. The highest BCUT2D eigenvalue weighted by atomic mass is 35.5. The van der Waals surface area contributed by atoms with E-state index < -0.39 is 0 Å². The van der Waals surface area contributed by atoms with Gasteiger partial charge in [0.25, 0.3) is 0 Å². The van der Waals surface area contributed by atoms with E-state index in [-0.39, 0.29) is 0 Å². The van der Waals surface area contributed by atoms with Crippen molar-refractivity contribution in [3.8, 4) is 11.5 Å². The van der Waals surface area contributed by atoms with Crippen LogP contribution in [0.2, 0.25) is 5.02 Å². The van der Waals surface area contributed by atoms with Crippen molar-refractivity contribution in [2.45, 2.75) is 19.0 Å². The Morgan fingerprint density at radius 2 is 2.00 bits per heavy atom. The van der Waals surface area contributed by atoms with Gasteiger partial charge in [-0.1, -0.05) is 17.7 Å². The molecular weight excluding hydrogens is 394 g/mol. The SMILES string of the molecule is CN1CCN(C(CNCc2cc(Cl)c3c(c2)OCCCO3)c2cccs2)CC1. The third-order valence-electron chi connectivity index (χ3n) is 5.38. The second kappa shape index (κ2) is 9.46. The normalized spacial score (nSPS) is 19.4. The Hall–Kier alpha value is -1.31. The van der Waals surface area contributed by atoms with E-state index >= 15 is 0 Å². The summed E-state index contributed by atoms with van der Waals surface area (Å²) in [6.07, 6.45) is 0.881. The third-order valence-corrected chi connectivity index (χ3v) is 6.63. The van der Waals surface area contributed by atoms with Gasteiger partial charge in [-0.15, -0.1) is 11.3 Å². The number of rotatable bonds is 6. The van der Waals surface area contributed by atoms with Crippen LogP contribution >= 0.6 is 22.9 Å². The third kappa shape index (κ3) is 4.81. The summed E-state index contributed by atoms with van der Waals surface area (Å²) in [5.74, 6) is 1.44. The minimum Gasteiger partial charge on any atom is -0.489 e. The number of ether oxygens (including phenoxy) is 2. The molecule has 1 unspecified atom stereocenters. The van der Waals surface area contributed by atoms with Gasteiger partial charge in [0.1, 0.15) is 0 Å². The van der Waals surface area contributed by atoms with Crippen LogP contribution in [0.3, 0.4) is 0 Å². The second-order valence-corrected chi connectivity index (χ2v) is 8.84. The number of nitrogens with zero attached hydrogens (tertiary/aromatic N) is 2. The lowest BCUT2D eigenvalue weighted by Crippen LogP contribution is -2.47. The zero-order valence-electron chi connectivity index (χ0n) is 16.3. The molecule has 0 saturated carbocycles. The molecule has 28 heavy (non-hydrogen) atoms. The Kier molecular flexibility index (Phi) is 6.75. The number of piperazine rings is 1. The zero-order valence-corrected chi connectivity index (χ0v) is 17.9. The molecule has 7 heteroatoms. The first-order valence-corrected chi connectivity index (χ1v) is 11.2. The lowest BCUT2D eigenvalue weighted by molar-refractivity contribution is 0.111. The van der Waals surface area contributed by atoms with Crippen LogP contribution in [0.5, 0.6) is 11.5 Å². The van der Waals surface area contributed by atoms with E-state index in [0.717, 1.165) is 57.0 Å². The zero-order chi connectivity index (χ0) is 19.3. The van der Waals surface area contributed by atoms with Gasteiger partial charge in [-0.25, -0.2) is 0 Å². The van der Waals surface area contributed by atoms with Crippen molar-refractivity contribution in [3.63, 3.8) is 0 Å². The molecule has 1 aromatic heterocycles. The van der Waals surface area contributed by atoms with Gasteiger partial charge in [0.2, 0.25) is 0 Å².